The molecule has 0 spiro atoms. The summed E-state index contributed by atoms with van der Waals surface area (Å²) in [7, 11) is 1.99. The average Bonchev–Trinajstić information content (AvgIpc) is 2.96. The maximum Gasteiger partial charge on any atom is 0.203 e. The van der Waals surface area contributed by atoms with Gasteiger partial charge in [0.05, 0.1) is 23.8 Å². The third-order valence-electron chi connectivity index (χ3n) is 2.71. The molecule has 0 aliphatic carbocycles. The summed E-state index contributed by atoms with van der Waals surface area (Å²) >= 11 is 0. The minimum Gasteiger partial charge on any atom is -0.467 e. The molecule has 2 heterocycles. The molecule has 3 aromatic rings. The maximum absolute atomic E-state index is 5.32. The molecule has 4 heteroatoms. The smallest absolute Gasteiger partial charge is 0.203 e. The molecule has 1 aromatic carbocycles. The van der Waals surface area contributed by atoms with E-state index in [1.54, 1.807) is 6.26 Å². The van der Waals surface area contributed by atoms with Crippen molar-refractivity contribution in [3.63, 3.8) is 0 Å². The molecule has 0 fully saturated rings. The van der Waals surface area contributed by atoms with Crippen molar-refractivity contribution < 1.29 is 4.42 Å². The van der Waals surface area contributed by atoms with Gasteiger partial charge in [0.15, 0.2) is 0 Å². The van der Waals surface area contributed by atoms with E-state index in [9.17, 15) is 0 Å². The first-order valence-electron chi connectivity index (χ1n) is 5.51. The Hall–Kier alpha value is -2.23. The van der Waals surface area contributed by atoms with Gasteiger partial charge in [0.2, 0.25) is 5.95 Å². The predicted octanol–water partition coefficient (Wildman–Crippen LogP) is 2.79. The fourth-order valence-corrected chi connectivity index (χ4v) is 1.83. The Morgan fingerprint density at radius 1 is 1.24 bits per heavy atom. The lowest BCUT2D eigenvalue weighted by Gasteiger charge is -2.13. The van der Waals surface area contributed by atoms with Gasteiger partial charge >= 0.3 is 0 Å². The van der Waals surface area contributed by atoms with Gasteiger partial charge in [-0.15, -0.1) is 0 Å². The van der Waals surface area contributed by atoms with Crippen LogP contribution in [0, 0.1) is 0 Å². The second kappa shape index (κ2) is 3.97. The Morgan fingerprint density at radius 3 is 2.88 bits per heavy atom. The highest BCUT2D eigenvalue weighted by molar-refractivity contribution is 5.77. The van der Waals surface area contributed by atoms with E-state index in [2.05, 4.69) is 9.97 Å². The SMILES string of the molecule is CN(Cc1ccco1)c1nc2ccccc2[nH]1. The zero-order valence-electron chi connectivity index (χ0n) is 9.55. The molecule has 17 heavy (non-hydrogen) atoms. The molecule has 0 unspecified atom stereocenters. The minimum absolute atomic E-state index is 0.701. The molecule has 3 rings (SSSR count). The molecule has 2 aromatic heterocycles. The van der Waals surface area contributed by atoms with Crippen LogP contribution in [0.15, 0.2) is 47.1 Å². The third-order valence-corrected chi connectivity index (χ3v) is 2.71. The van der Waals surface area contributed by atoms with Crippen molar-refractivity contribution in [2.75, 3.05) is 11.9 Å². The van der Waals surface area contributed by atoms with Gasteiger partial charge in [-0.3, -0.25) is 0 Å². The average molecular weight is 227 g/mol. The van der Waals surface area contributed by atoms with Crippen LogP contribution in [0.5, 0.6) is 0 Å². The molecule has 0 saturated heterocycles. The molecule has 0 bridgehead atoms. The zero-order valence-corrected chi connectivity index (χ0v) is 9.55. The number of rotatable bonds is 3. The first kappa shape index (κ1) is 9.96. The lowest BCUT2D eigenvalue weighted by atomic mass is 10.3. The second-order valence-electron chi connectivity index (χ2n) is 4.01. The van der Waals surface area contributed by atoms with Crippen molar-refractivity contribution in [1.82, 2.24) is 9.97 Å². The summed E-state index contributed by atoms with van der Waals surface area (Å²) in [5.74, 6) is 1.77. The predicted molar refractivity (Wildman–Crippen MR) is 66.9 cm³/mol. The number of fused-ring (bicyclic) bond motifs is 1. The molecular weight excluding hydrogens is 214 g/mol. The minimum atomic E-state index is 0.701. The Morgan fingerprint density at radius 2 is 2.12 bits per heavy atom. The zero-order chi connectivity index (χ0) is 11.7. The van der Waals surface area contributed by atoms with Crippen molar-refractivity contribution in [2.24, 2.45) is 0 Å². The van der Waals surface area contributed by atoms with E-state index in [1.165, 1.54) is 0 Å². The van der Waals surface area contributed by atoms with Crippen LogP contribution in [0.25, 0.3) is 11.0 Å². The molecule has 0 radical (unpaired) electrons. The number of hydrogen-bond donors (Lipinski definition) is 1. The number of aromatic amines is 1. The Balaban J connectivity index is 1.88. The number of H-pyrrole nitrogens is 1. The first-order valence-corrected chi connectivity index (χ1v) is 5.51. The Kier molecular flexibility index (Phi) is 2.33. The van der Waals surface area contributed by atoms with Crippen molar-refractivity contribution in [2.45, 2.75) is 6.54 Å². The highest BCUT2D eigenvalue weighted by atomic mass is 16.3. The fourth-order valence-electron chi connectivity index (χ4n) is 1.83. The van der Waals surface area contributed by atoms with Gasteiger partial charge in [0, 0.05) is 7.05 Å². The van der Waals surface area contributed by atoms with Crippen molar-refractivity contribution in [1.29, 1.82) is 0 Å². The standard InChI is InChI=1S/C13H13N3O/c1-16(9-10-5-4-8-17-10)13-14-11-6-2-3-7-12(11)15-13/h2-8H,9H2,1H3,(H,14,15). The molecule has 1 N–H and O–H groups in total. The highest BCUT2D eigenvalue weighted by Crippen LogP contribution is 2.17. The number of imidazole rings is 1. The summed E-state index contributed by atoms with van der Waals surface area (Å²) in [5.41, 5.74) is 2.03. The molecule has 0 saturated carbocycles. The van der Waals surface area contributed by atoms with Crippen LogP contribution >= 0.6 is 0 Å². The third kappa shape index (κ3) is 1.89. The summed E-state index contributed by atoms with van der Waals surface area (Å²) in [6, 6.07) is 11.8. The van der Waals surface area contributed by atoms with E-state index in [0.29, 0.717) is 6.54 Å². The Bertz CT molecular complexity index is 579. The highest BCUT2D eigenvalue weighted by Gasteiger charge is 2.08. The molecule has 0 amide bonds. The lowest BCUT2D eigenvalue weighted by Crippen LogP contribution is -2.17. The van der Waals surface area contributed by atoms with Crippen molar-refractivity contribution in [3.05, 3.63) is 48.4 Å². The summed E-state index contributed by atoms with van der Waals surface area (Å²) < 4.78 is 5.32. The topological polar surface area (TPSA) is 45.1 Å². The molecule has 4 nitrogen and oxygen atoms in total. The summed E-state index contributed by atoms with van der Waals surface area (Å²) in [6.45, 7) is 0.701. The number of aromatic nitrogens is 2. The quantitative estimate of drug-likeness (QED) is 0.748. The number of anilines is 1. The van der Waals surface area contributed by atoms with E-state index in [4.69, 9.17) is 4.42 Å². The number of hydrogen-bond acceptors (Lipinski definition) is 3. The maximum atomic E-state index is 5.32. The Labute approximate surface area is 98.9 Å². The van der Waals surface area contributed by atoms with Gasteiger partial charge in [-0.25, -0.2) is 4.98 Å². The van der Waals surface area contributed by atoms with Crippen LogP contribution in [-0.2, 0) is 6.54 Å². The van der Waals surface area contributed by atoms with Crippen LogP contribution in [0.2, 0.25) is 0 Å². The molecule has 86 valence electrons. The van der Waals surface area contributed by atoms with Crippen LogP contribution in [-0.4, -0.2) is 17.0 Å². The fraction of sp³-hybridized carbons (Fsp3) is 0.154. The van der Waals surface area contributed by atoms with Crippen LogP contribution in [0.4, 0.5) is 5.95 Å². The molecular formula is C13H13N3O. The number of furan rings is 1. The van der Waals surface area contributed by atoms with Gasteiger partial charge in [0.1, 0.15) is 5.76 Å². The summed E-state index contributed by atoms with van der Waals surface area (Å²) in [4.78, 5) is 9.83. The summed E-state index contributed by atoms with van der Waals surface area (Å²) in [5, 5.41) is 0. The second-order valence-corrected chi connectivity index (χ2v) is 4.01. The largest absolute Gasteiger partial charge is 0.467 e. The van der Waals surface area contributed by atoms with E-state index in [-0.39, 0.29) is 0 Å². The van der Waals surface area contributed by atoms with Crippen LogP contribution in [0.3, 0.4) is 0 Å². The van der Waals surface area contributed by atoms with E-state index >= 15 is 0 Å². The van der Waals surface area contributed by atoms with Gasteiger partial charge in [-0.05, 0) is 24.3 Å². The van der Waals surface area contributed by atoms with Gasteiger partial charge < -0.3 is 14.3 Å². The van der Waals surface area contributed by atoms with E-state index < -0.39 is 0 Å². The van der Waals surface area contributed by atoms with Gasteiger partial charge in [-0.2, -0.15) is 0 Å². The number of para-hydroxylation sites is 2. The first-order chi connectivity index (χ1) is 8.33. The molecule has 0 aliphatic heterocycles. The van der Waals surface area contributed by atoms with Crippen molar-refractivity contribution in [3.8, 4) is 0 Å². The number of nitrogens with zero attached hydrogens (tertiary/aromatic N) is 2. The number of nitrogens with one attached hydrogen (secondary N) is 1. The van der Waals surface area contributed by atoms with Gasteiger partial charge in [0.25, 0.3) is 0 Å². The number of benzene rings is 1. The monoisotopic (exact) mass is 227 g/mol. The van der Waals surface area contributed by atoms with Crippen molar-refractivity contribution >= 4 is 17.0 Å². The summed E-state index contributed by atoms with van der Waals surface area (Å²) in [6.07, 6.45) is 1.68. The molecule has 0 atom stereocenters. The molecule has 0 aliphatic rings. The van der Waals surface area contributed by atoms with Crippen LogP contribution < -0.4 is 4.90 Å². The lowest BCUT2D eigenvalue weighted by molar-refractivity contribution is 0.506. The van der Waals surface area contributed by atoms with Gasteiger partial charge in [-0.1, -0.05) is 12.1 Å². The normalized spacial score (nSPS) is 10.9. The van der Waals surface area contributed by atoms with E-state index in [0.717, 1.165) is 22.7 Å². The van der Waals surface area contributed by atoms with Crippen LogP contribution in [0.1, 0.15) is 5.76 Å². The van der Waals surface area contributed by atoms with E-state index in [1.807, 2.05) is 48.3 Å².